The summed E-state index contributed by atoms with van der Waals surface area (Å²) < 4.78 is 0. The summed E-state index contributed by atoms with van der Waals surface area (Å²) in [4.78, 5) is 4.29. The van der Waals surface area contributed by atoms with Crippen LogP contribution in [0.4, 0.5) is 0 Å². The zero-order chi connectivity index (χ0) is 13.9. The molecule has 0 spiro atoms. The number of rotatable bonds is 2. The fourth-order valence-electron chi connectivity index (χ4n) is 2.19. The summed E-state index contributed by atoms with van der Waals surface area (Å²) in [7, 11) is 0. The zero-order valence-electron chi connectivity index (χ0n) is 10.7. The maximum absolute atomic E-state index is 10.4. The molecule has 3 nitrogen and oxygen atoms in total. The highest BCUT2D eigenvalue weighted by atomic mass is 16.3. The Hall–Kier alpha value is -2.70. The van der Waals surface area contributed by atoms with E-state index < -0.39 is 6.10 Å². The van der Waals surface area contributed by atoms with Gasteiger partial charge in [-0.1, -0.05) is 30.3 Å². The molecule has 2 aromatic carbocycles. The van der Waals surface area contributed by atoms with Gasteiger partial charge in [0.1, 0.15) is 6.10 Å². The molecule has 0 aliphatic heterocycles. The van der Waals surface area contributed by atoms with Gasteiger partial charge in [-0.05, 0) is 35.4 Å². The van der Waals surface area contributed by atoms with Crippen molar-refractivity contribution in [1.29, 1.82) is 5.26 Å². The van der Waals surface area contributed by atoms with Crippen LogP contribution in [0.2, 0.25) is 0 Å². The molecule has 0 aliphatic carbocycles. The van der Waals surface area contributed by atoms with Crippen molar-refractivity contribution < 1.29 is 5.11 Å². The van der Waals surface area contributed by atoms with E-state index in [2.05, 4.69) is 11.1 Å². The van der Waals surface area contributed by atoms with E-state index in [1.807, 2.05) is 30.3 Å². The van der Waals surface area contributed by atoms with E-state index in [9.17, 15) is 5.11 Å². The molecule has 0 fully saturated rings. The lowest BCUT2D eigenvalue weighted by Gasteiger charge is -2.12. The van der Waals surface area contributed by atoms with E-state index in [-0.39, 0.29) is 0 Å². The molecule has 1 unspecified atom stereocenters. The SMILES string of the molecule is N#Cc1ccc(C(O)c2ccc3cccnc3c2)cc1. The summed E-state index contributed by atoms with van der Waals surface area (Å²) >= 11 is 0. The monoisotopic (exact) mass is 260 g/mol. The van der Waals surface area contributed by atoms with Crippen LogP contribution >= 0.6 is 0 Å². The average molecular weight is 260 g/mol. The molecule has 1 atom stereocenters. The van der Waals surface area contributed by atoms with E-state index in [1.165, 1.54) is 0 Å². The Morgan fingerprint density at radius 1 is 1.00 bits per heavy atom. The lowest BCUT2D eigenvalue weighted by Crippen LogP contribution is -1.99. The number of aromatic nitrogens is 1. The van der Waals surface area contributed by atoms with Crippen LogP contribution in [0.15, 0.2) is 60.8 Å². The molecule has 0 saturated heterocycles. The summed E-state index contributed by atoms with van der Waals surface area (Å²) in [5, 5.41) is 20.2. The van der Waals surface area contributed by atoms with Crippen molar-refractivity contribution in [3.8, 4) is 6.07 Å². The van der Waals surface area contributed by atoms with Crippen molar-refractivity contribution in [3.63, 3.8) is 0 Å². The summed E-state index contributed by atoms with van der Waals surface area (Å²) in [5.41, 5.74) is 3.00. The van der Waals surface area contributed by atoms with Crippen molar-refractivity contribution >= 4 is 10.9 Å². The molecule has 0 saturated carbocycles. The lowest BCUT2D eigenvalue weighted by molar-refractivity contribution is 0.220. The van der Waals surface area contributed by atoms with Crippen molar-refractivity contribution in [1.82, 2.24) is 4.98 Å². The molecule has 1 N–H and O–H groups in total. The minimum atomic E-state index is -0.714. The molecule has 96 valence electrons. The number of benzene rings is 2. The van der Waals surface area contributed by atoms with Gasteiger partial charge < -0.3 is 5.11 Å². The fraction of sp³-hybridized carbons (Fsp3) is 0.0588. The molecule has 3 heteroatoms. The van der Waals surface area contributed by atoms with Gasteiger partial charge in [0.05, 0.1) is 17.1 Å². The van der Waals surface area contributed by atoms with Gasteiger partial charge in [0.2, 0.25) is 0 Å². The highest BCUT2D eigenvalue weighted by molar-refractivity contribution is 5.79. The van der Waals surface area contributed by atoms with Gasteiger partial charge in [-0.15, -0.1) is 0 Å². The highest BCUT2D eigenvalue weighted by Gasteiger charge is 2.11. The van der Waals surface area contributed by atoms with Crippen LogP contribution < -0.4 is 0 Å². The second-order valence-electron chi connectivity index (χ2n) is 4.59. The van der Waals surface area contributed by atoms with E-state index in [0.717, 1.165) is 22.0 Å². The van der Waals surface area contributed by atoms with E-state index in [4.69, 9.17) is 5.26 Å². The first kappa shape index (κ1) is 12.3. The Bertz CT molecular complexity index is 788. The van der Waals surface area contributed by atoms with E-state index >= 15 is 0 Å². The standard InChI is InChI=1S/C17H12N2O/c18-11-12-3-5-14(6-4-12)17(20)15-8-7-13-2-1-9-19-16(13)10-15/h1-10,17,20H. The number of hydrogen-bond acceptors (Lipinski definition) is 3. The van der Waals surface area contributed by atoms with E-state index in [0.29, 0.717) is 5.56 Å². The molecular formula is C17H12N2O. The van der Waals surface area contributed by atoms with Crippen molar-refractivity contribution in [2.45, 2.75) is 6.10 Å². The minimum absolute atomic E-state index is 0.584. The quantitative estimate of drug-likeness (QED) is 0.769. The lowest BCUT2D eigenvalue weighted by atomic mass is 9.99. The zero-order valence-corrected chi connectivity index (χ0v) is 10.7. The smallest absolute Gasteiger partial charge is 0.104 e. The molecule has 0 amide bonds. The van der Waals surface area contributed by atoms with Gasteiger partial charge >= 0.3 is 0 Å². The molecule has 0 radical (unpaired) electrons. The number of pyridine rings is 1. The van der Waals surface area contributed by atoms with Crippen LogP contribution in [0.25, 0.3) is 10.9 Å². The summed E-state index contributed by atoms with van der Waals surface area (Å²) in [6, 6.07) is 18.6. The predicted molar refractivity (Wildman–Crippen MR) is 77.0 cm³/mol. The molecular weight excluding hydrogens is 248 g/mol. The summed E-state index contributed by atoms with van der Waals surface area (Å²) in [6.07, 6.45) is 1.02. The number of fused-ring (bicyclic) bond motifs is 1. The van der Waals surface area contributed by atoms with Gasteiger partial charge in [-0.2, -0.15) is 5.26 Å². The maximum Gasteiger partial charge on any atom is 0.104 e. The van der Waals surface area contributed by atoms with Gasteiger partial charge in [-0.3, -0.25) is 4.98 Å². The first-order valence-corrected chi connectivity index (χ1v) is 6.31. The molecule has 1 heterocycles. The normalized spacial score (nSPS) is 12.0. The second kappa shape index (κ2) is 5.12. The van der Waals surface area contributed by atoms with Crippen LogP contribution in [0.1, 0.15) is 22.8 Å². The molecule has 20 heavy (non-hydrogen) atoms. The molecule has 0 bridgehead atoms. The minimum Gasteiger partial charge on any atom is -0.384 e. The van der Waals surface area contributed by atoms with Gasteiger partial charge in [0.25, 0.3) is 0 Å². The topological polar surface area (TPSA) is 56.9 Å². The predicted octanol–water partition coefficient (Wildman–Crippen LogP) is 3.19. The Morgan fingerprint density at radius 3 is 2.50 bits per heavy atom. The number of hydrogen-bond donors (Lipinski definition) is 1. The Kier molecular flexibility index (Phi) is 3.16. The van der Waals surface area contributed by atoms with Crippen LogP contribution in [-0.2, 0) is 0 Å². The highest BCUT2D eigenvalue weighted by Crippen LogP contribution is 2.24. The van der Waals surface area contributed by atoms with E-state index in [1.54, 1.807) is 30.5 Å². The number of nitrogens with zero attached hydrogens (tertiary/aromatic N) is 2. The molecule has 3 rings (SSSR count). The summed E-state index contributed by atoms with van der Waals surface area (Å²) in [6.45, 7) is 0. The third-order valence-electron chi connectivity index (χ3n) is 3.30. The number of aliphatic hydroxyl groups is 1. The van der Waals surface area contributed by atoms with Crippen molar-refractivity contribution in [2.24, 2.45) is 0 Å². The van der Waals surface area contributed by atoms with Crippen LogP contribution in [0, 0.1) is 11.3 Å². The fourth-order valence-corrected chi connectivity index (χ4v) is 2.19. The second-order valence-corrected chi connectivity index (χ2v) is 4.59. The Balaban J connectivity index is 1.98. The van der Waals surface area contributed by atoms with Gasteiger partial charge in [-0.25, -0.2) is 0 Å². The van der Waals surface area contributed by atoms with Crippen LogP contribution in [-0.4, -0.2) is 10.1 Å². The van der Waals surface area contributed by atoms with Gasteiger partial charge in [0.15, 0.2) is 0 Å². The van der Waals surface area contributed by atoms with Crippen molar-refractivity contribution in [2.75, 3.05) is 0 Å². The largest absolute Gasteiger partial charge is 0.384 e. The summed E-state index contributed by atoms with van der Waals surface area (Å²) in [5.74, 6) is 0. The number of nitriles is 1. The first-order valence-electron chi connectivity index (χ1n) is 6.31. The van der Waals surface area contributed by atoms with Crippen molar-refractivity contribution in [3.05, 3.63) is 77.5 Å². The maximum atomic E-state index is 10.4. The number of aliphatic hydroxyl groups excluding tert-OH is 1. The van der Waals surface area contributed by atoms with Crippen LogP contribution in [0.3, 0.4) is 0 Å². The third-order valence-corrected chi connectivity index (χ3v) is 3.30. The first-order chi connectivity index (χ1) is 9.78. The molecule has 1 aromatic heterocycles. The molecule has 3 aromatic rings. The average Bonchev–Trinajstić information content (AvgIpc) is 2.54. The molecule has 0 aliphatic rings. The van der Waals surface area contributed by atoms with Gasteiger partial charge in [0, 0.05) is 11.6 Å². The third kappa shape index (κ3) is 2.25. The Morgan fingerprint density at radius 2 is 1.75 bits per heavy atom. The Labute approximate surface area is 116 Å². The van der Waals surface area contributed by atoms with Crippen LogP contribution in [0.5, 0.6) is 0 Å².